The highest BCUT2D eigenvalue weighted by atomic mass is 127. The van der Waals surface area contributed by atoms with E-state index in [9.17, 15) is 0 Å². The van der Waals surface area contributed by atoms with E-state index >= 15 is 0 Å². The van der Waals surface area contributed by atoms with Gasteiger partial charge in [0, 0.05) is 20.0 Å². The predicted molar refractivity (Wildman–Crippen MR) is 114 cm³/mol. The van der Waals surface area contributed by atoms with Gasteiger partial charge in [-0.3, -0.25) is 4.99 Å². The summed E-state index contributed by atoms with van der Waals surface area (Å²) in [7, 11) is 1.81. The van der Waals surface area contributed by atoms with Crippen LogP contribution in [0.1, 0.15) is 29.7 Å². The summed E-state index contributed by atoms with van der Waals surface area (Å²) in [6.07, 6.45) is 1.99. The fourth-order valence-corrected chi connectivity index (χ4v) is 2.95. The van der Waals surface area contributed by atoms with Gasteiger partial charge >= 0.3 is 0 Å². The molecule has 0 saturated heterocycles. The molecule has 3 rings (SSSR count). The Hall–Kier alpha value is -1.76. The first-order valence-electron chi connectivity index (χ1n) is 8.53. The molecule has 134 valence electrons. The molecule has 0 spiro atoms. The van der Waals surface area contributed by atoms with Crippen molar-refractivity contribution in [3.8, 4) is 5.75 Å². The molecule has 5 heteroatoms. The first-order chi connectivity index (χ1) is 11.8. The Morgan fingerprint density at radius 1 is 1.20 bits per heavy atom. The predicted octanol–water partition coefficient (Wildman–Crippen LogP) is 3.71. The number of aliphatic imine (C=N–C) groups is 1. The summed E-state index contributed by atoms with van der Waals surface area (Å²) < 4.78 is 5.55. The average molecular weight is 451 g/mol. The number of rotatable bonds is 5. The lowest BCUT2D eigenvalue weighted by molar-refractivity contribution is 0.357. The van der Waals surface area contributed by atoms with Gasteiger partial charge in [0.25, 0.3) is 0 Å². The molecule has 1 aliphatic heterocycles. The summed E-state index contributed by atoms with van der Waals surface area (Å²) in [6, 6.07) is 17.1. The topological polar surface area (TPSA) is 45.7 Å². The van der Waals surface area contributed by atoms with Crippen LogP contribution < -0.4 is 15.4 Å². The number of ether oxygens (including phenoxy) is 1. The number of benzene rings is 2. The van der Waals surface area contributed by atoms with Crippen molar-refractivity contribution in [2.75, 3.05) is 20.2 Å². The highest BCUT2D eigenvalue weighted by Gasteiger charge is 2.12. The molecule has 0 aromatic heterocycles. The van der Waals surface area contributed by atoms with E-state index in [1.54, 1.807) is 7.05 Å². The average Bonchev–Trinajstić information content (AvgIpc) is 3.09. The number of nitrogens with one attached hydrogen (secondary N) is 2. The van der Waals surface area contributed by atoms with Crippen LogP contribution in [0.5, 0.6) is 5.75 Å². The number of halogens is 1. The van der Waals surface area contributed by atoms with Crippen molar-refractivity contribution in [3.63, 3.8) is 0 Å². The Morgan fingerprint density at radius 3 is 2.76 bits per heavy atom. The van der Waals surface area contributed by atoms with Gasteiger partial charge < -0.3 is 15.4 Å². The van der Waals surface area contributed by atoms with Gasteiger partial charge in [-0.2, -0.15) is 0 Å². The molecule has 1 aliphatic rings. The minimum Gasteiger partial charge on any atom is -0.493 e. The molecule has 2 aromatic rings. The molecule has 4 nitrogen and oxygen atoms in total. The molecule has 0 bridgehead atoms. The van der Waals surface area contributed by atoms with E-state index in [0.29, 0.717) is 0 Å². The van der Waals surface area contributed by atoms with Crippen LogP contribution in [-0.4, -0.2) is 26.2 Å². The maximum absolute atomic E-state index is 5.55. The number of guanidine groups is 1. The molecule has 1 heterocycles. The van der Waals surface area contributed by atoms with E-state index < -0.39 is 0 Å². The monoisotopic (exact) mass is 451 g/mol. The number of fused-ring (bicyclic) bond motifs is 1. The quantitative estimate of drug-likeness (QED) is 0.414. The standard InChI is InChI=1S/C20H25N3O.HI/c1-15(17-6-4-3-5-7-17)23-20(21-2)22-12-10-16-8-9-19-18(14-16)11-13-24-19;/h3-9,14-15H,10-13H2,1-2H3,(H2,21,22,23);1H. The SMILES string of the molecule is CN=C(NCCc1ccc2c(c1)CCO2)NC(C)c1ccccc1.I. The van der Waals surface area contributed by atoms with Gasteiger partial charge in [0.1, 0.15) is 5.75 Å². The van der Waals surface area contributed by atoms with Crippen LogP contribution in [0.25, 0.3) is 0 Å². The van der Waals surface area contributed by atoms with Crippen LogP contribution in [0.3, 0.4) is 0 Å². The maximum atomic E-state index is 5.55. The van der Waals surface area contributed by atoms with Gasteiger partial charge in [-0.1, -0.05) is 42.5 Å². The summed E-state index contributed by atoms with van der Waals surface area (Å²) in [4.78, 5) is 4.32. The molecule has 1 atom stereocenters. The summed E-state index contributed by atoms with van der Waals surface area (Å²) in [5.74, 6) is 1.87. The van der Waals surface area contributed by atoms with E-state index in [-0.39, 0.29) is 30.0 Å². The Labute approximate surface area is 167 Å². The maximum Gasteiger partial charge on any atom is 0.191 e. The van der Waals surface area contributed by atoms with Crippen LogP contribution in [0.4, 0.5) is 0 Å². The second-order valence-electron chi connectivity index (χ2n) is 6.07. The lowest BCUT2D eigenvalue weighted by Gasteiger charge is -2.18. The molecule has 2 N–H and O–H groups in total. The number of hydrogen-bond donors (Lipinski definition) is 2. The minimum absolute atomic E-state index is 0. The van der Waals surface area contributed by atoms with Crippen LogP contribution >= 0.6 is 24.0 Å². The van der Waals surface area contributed by atoms with Crippen molar-refractivity contribution < 1.29 is 4.74 Å². The molecule has 0 amide bonds. The number of nitrogens with zero attached hydrogens (tertiary/aromatic N) is 1. The Balaban J connectivity index is 0.00000225. The smallest absolute Gasteiger partial charge is 0.191 e. The lowest BCUT2D eigenvalue weighted by atomic mass is 10.1. The van der Waals surface area contributed by atoms with Gasteiger partial charge in [-0.15, -0.1) is 24.0 Å². The van der Waals surface area contributed by atoms with Gasteiger partial charge in [0.05, 0.1) is 12.6 Å². The van der Waals surface area contributed by atoms with E-state index in [1.807, 2.05) is 6.07 Å². The second-order valence-corrected chi connectivity index (χ2v) is 6.07. The van der Waals surface area contributed by atoms with Crippen molar-refractivity contribution in [3.05, 3.63) is 65.2 Å². The van der Waals surface area contributed by atoms with Crippen LogP contribution in [0, 0.1) is 0 Å². The zero-order valence-corrected chi connectivity index (χ0v) is 17.1. The van der Waals surface area contributed by atoms with E-state index in [2.05, 4.69) is 65.0 Å². The van der Waals surface area contributed by atoms with E-state index in [4.69, 9.17) is 4.74 Å². The normalized spacial score (nSPS) is 14.1. The number of hydrogen-bond acceptors (Lipinski definition) is 2. The molecule has 0 radical (unpaired) electrons. The summed E-state index contributed by atoms with van der Waals surface area (Å²) in [6.45, 7) is 3.80. The van der Waals surface area contributed by atoms with Gasteiger partial charge in [0.15, 0.2) is 5.96 Å². The first-order valence-corrected chi connectivity index (χ1v) is 8.53. The first kappa shape index (κ1) is 19.6. The van der Waals surface area contributed by atoms with Crippen LogP contribution in [0.15, 0.2) is 53.5 Å². The second kappa shape index (κ2) is 9.65. The van der Waals surface area contributed by atoms with Crippen molar-refractivity contribution >= 4 is 29.9 Å². The van der Waals surface area contributed by atoms with Crippen molar-refractivity contribution in [1.29, 1.82) is 0 Å². The zero-order valence-electron chi connectivity index (χ0n) is 14.8. The molecular formula is C20H26IN3O. The van der Waals surface area contributed by atoms with Gasteiger partial charge in [0.2, 0.25) is 0 Å². The van der Waals surface area contributed by atoms with Crippen LogP contribution in [0.2, 0.25) is 0 Å². The van der Waals surface area contributed by atoms with Crippen molar-refractivity contribution in [1.82, 2.24) is 10.6 Å². The molecular weight excluding hydrogens is 425 g/mol. The minimum atomic E-state index is 0. The summed E-state index contributed by atoms with van der Waals surface area (Å²) in [5, 5.41) is 6.82. The van der Waals surface area contributed by atoms with Gasteiger partial charge in [-0.05, 0) is 36.1 Å². The molecule has 0 saturated carbocycles. The highest BCUT2D eigenvalue weighted by Crippen LogP contribution is 2.25. The molecule has 1 unspecified atom stereocenters. The largest absolute Gasteiger partial charge is 0.493 e. The van der Waals surface area contributed by atoms with E-state index in [0.717, 1.165) is 37.7 Å². The van der Waals surface area contributed by atoms with Crippen molar-refractivity contribution in [2.45, 2.75) is 25.8 Å². The third-order valence-corrected chi connectivity index (χ3v) is 4.34. The fourth-order valence-electron chi connectivity index (χ4n) is 2.95. The fraction of sp³-hybridized carbons (Fsp3) is 0.350. The molecule has 2 aromatic carbocycles. The van der Waals surface area contributed by atoms with E-state index in [1.165, 1.54) is 16.7 Å². The van der Waals surface area contributed by atoms with Crippen LogP contribution in [-0.2, 0) is 12.8 Å². The third kappa shape index (κ3) is 5.36. The van der Waals surface area contributed by atoms with Crippen molar-refractivity contribution in [2.24, 2.45) is 4.99 Å². The molecule has 0 fully saturated rings. The summed E-state index contributed by atoms with van der Waals surface area (Å²) in [5.41, 5.74) is 3.91. The zero-order chi connectivity index (χ0) is 16.8. The Bertz CT molecular complexity index is 703. The Kier molecular flexibility index (Phi) is 7.55. The lowest BCUT2D eigenvalue weighted by Crippen LogP contribution is -2.39. The molecule has 0 aliphatic carbocycles. The Morgan fingerprint density at radius 2 is 2.00 bits per heavy atom. The highest BCUT2D eigenvalue weighted by molar-refractivity contribution is 14.0. The van der Waals surface area contributed by atoms with Gasteiger partial charge in [-0.25, -0.2) is 0 Å². The molecule has 25 heavy (non-hydrogen) atoms. The third-order valence-electron chi connectivity index (χ3n) is 4.34. The summed E-state index contributed by atoms with van der Waals surface area (Å²) >= 11 is 0.